The molecule has 0 bridgehead atoms. The normalized spacial score (nSPS) is 12.6. The highest BCUT2D eigenvalue weighted by Gasteiger charge is 2.12. The number of halogens is 1. The largest absolute Gasteiger partial charge is 0.396 e. The fourth-order valence-electron chi connectivity index (χ4n) is 1.78. The lowest BCUT2D eigenvalue weighted by molar-refractivity contribution is 0.264. The molecular weight excluding hydrogens is 254 g/mol. The molecule has 1 N–H and O–H groups in total. The van der Waals surface area contributed by atoms with Crippen molar-refractivity contribution in [3.63, 3.8) is 0 Å². The van der Waals surface area contributed by atoms with Crippen LogP contribution in [0.4, 0.5) is 0 Å². The van der Waals surface area contributed by atoms with E-state index in [0.29, 0.717) is 0 Å². The van der Waals surface area contributed by atoms with Crippen LogP contribution in [0.5, 0.6) is 0 Å². The van der Waals surface area contributed by atoms with E-state index in [1.54, 1.807) is 11.3 Å². The lowest BCUT2D eigenvalue weighted by atomic mass is 9.95. The highest BCUT2D eigenvalue weighted by Crippen LogP contribution is 2.23. The standard InChI is InChI=1S/C13H14ClNOS/c1-9-15-13(8-17-9)6-11(7-16)10-2-4-12(14)5-3-10/h2-5,8,11,16H,6-7H2,1H3. The second-order valence-electron chi connectivity index (χ2n) is 3.99. The van der Waals surface area contributed by atoms with Crippen molar-refractivity contribution >= 4 is 22.9 Å². The lowest BCUT2D eigenvalue weighted by Gasteiger charge is -2.13. The fraction of sp³-hybridized carbons (Fsp3) is 0.308. The van der Waals surface area contributed by atoms with E-state index in [0.717, 1.165) is 27.7 Å². The number of hydrogen-bond acceptors (Lipinski definition) is 3. The van der Waals surface area contributed by atoms with Gasteiger partial charge in [-0.05, 0) is 31.0 Å². The van der Waals surface area contributed by atoms with Gasteiger partial charge in [0.2, 0.25) is 0 Å². The van der Waals surface area contributed by atoms with E-state index in [1.807, 2.05) is 36.6 Å². The molecule has 2 aromatic rings. The van der Waals surface area contributed by atoms with Gasteiger partial charge < -0.3 is 5.11 Å². The first-order valence-electron chi connectivity index (χ1n) is 5.46. The van der Waals surface area contributed by atoms with Crippen LogP contribution in [0, 0.1) is 6.92 Å². The number of benzene rings is 1. The summed E-state index contributed by atoms with van der Waals surface area (Å²) in [4.78, 5) is 4.42. The van der Waals surface area contributed by atoms with E-state index >= 15 is 0 Å². The minimum absolute atomic E-state index is 0.0915. The van der Waals surface area contributed by atoms with Gasteiger partial charge in [-0.3, -0.25) is 0 Å². The zero-order chi connectivity index (χ0) is 12.3. The molecule has 17 heavy (non-hydrogen) atoms. The molecule has 90 valence electrons. The van der Waals surface area contributed by atoms with Crippen molar-refractivity contribution < 1.29 is 5.11 Å². The molecule has 0 amide bonds. The van der Waals surface area contributed by atoms with Crippen LogP contribution in [0.25, 0.3) is 0 Å². The Morgan fingerprint density at radius 3 is 2.59 bits per heavy atom. The highest BCUT2D eigenvalue weighted by atomic mass is 35.5. The molecule has 4 heteroatoms. The Labute approximate surface area is 110 Å². The maximum absolute atomic E-state index is 9.46. The highest BCUT2D eigenvalue weighted by molar-refractivity contribution is 7.09. The molecule has 0 aliphatic rings. The van der Waals surface area contributed by atoms with E-state index in [-0.39, 0.29) is 12.5 Å². The van der Waals surface area contributed by atoms with Gasteiger partial charge in [0.05, 0.1) is 17.3 Å². The smallest absolute Gasteiger partial charge is 0.0897 e. The van der Waals surface area contributed by atoms with Gasteiger partial charge in [-0.25, -0.2) is 4.98 Å². The quantitative estimate of drug-likeness (QED) is 0.921. The van der Waals surface area contributed by atoms with Gasteiger partial charge in [0.15, 0.2) is 0 Å². The van der Waals surface area contributed by atoms with E-state index in [1.165, 1.54) is 0 Å². The minimum atomic E-state index is 0.0915. The first-order chi connectivity index (χ1) is 8.19. The van der Waals surface area contributed by atoms with Crippen LogP contribution in [0.3, 0.4) is 0 Å². The van der Waals surface area contributed by atoms with Crippen molar-refractivity contribution in [2.45, 2.75) is 19.3 Å². The molecule has 1 aromatic carbocycles. The van der Waals surface area contributed by atoms with E-state index in [4.69, 9.17) is 11.6 Å². The number of aromatic nitrogens is 1. The number of nitrogens with zero attached hydrogens (tertiary/aromatic N) is 1. The van der Waals surface area contributed by atoms with Crippen molar-refractivity contribution in [3.8, 4) is 0 Å². The van der Waals surface area contributed by atoms with Crippen LogP contribution in [-0.2, 0) is 6.42 Å². The third-order valence-corrected chi connectivity index (χ3v) is 3.76. The van der Waals surface area contributed by atoms with E-state index in [2.05, 4.69) is 4.98 Å². The minimum Gasteiger partial charge on any atom is -0.396 e. The van der Waals surface area contributed by atoms with Crippen LogP contribution in [0.2, 0.25) is 5.02 Å². The first kappa shape index (κ1) is 12.6. The molecular formula is C13H14ClNOS. The molecule has 2 rings (SSSR count). The number of thiazole rings is 1. The summed E-state index contributed by atoms with van der Waals surface area (Å²) in [6, 6.07) is 7.63. The third kappa shape index (κ3) is 3.28. The summed E-state index contributed by atoms with van der Waals surface area (Å²) in [6.45, 7) is 2.11. The summed E-state index contributed by atoms with van der Waals surface area (Å²) in [5.74, 6) is 0.0915. The van der Waals surface area contributed by atoms with Gasteiger partial charge in [-0.15, -0.1) is 11.3 Å². The zero-order valence-corrected chi connectivity index (χ0v) is 11.1. The van der Waals surface area contributed by atoms with Crippen molar-refractivity contribution in [3.05, 3.63) is 50.9 Å². The summed E-state index contributed by atoms with van der Waals surface area (Å²) in [5.41, 5.74) is 2.14. The van der Waals surface area contributed by atoms with Crippen molar-refractivity contribution in [2.24, 2.45) is 0 Å². The molecule has 1 unspecified atom stereocenters. The molecule has 1 atom stereocenters. The second kappa shape index (κ2) is 5.63. The average molecular weight is 268 g/mol. The third-order valence-electron chi connectivity index (χ3n) is 2.68. The molecule has 0 aliphatic heterocycles. The topological polar surface area (TPSA) is 33.1 Å². The Bertz CT molecular complexity index is 480. The summed E-state index contributed by atoms with van der Waals surface area (Å²) in [7, 11) is 0. The fourth-order valence-corrected chi connectivity index (χ4v) is 2.53. The second-order valence-corrected chi connectivity index (χ2v) is 5.49. The molecule has 0 saturated heterocycles. The monoisotopic (exact) mass is 267 g/mol. The Kier molecular flexibility index (Phi) is 4.15. The van der Waals surface area contributed by atoms with Gasteiger partial charge in [-0.2, -0.15) is 0 Å². The number of hydrogen-bond donors (Lipinski definition) is 1. The van der Waals surface area contributed by atoms with Crippen LogP contribution in [0.15, 0.2) is 29.6 Å². The zero-order valence-electron chi connectivity index (χ0n) is 9.56. The van der Waals surface area contributed by atoms with Gasteiger partial charge in [-0.1, -0.05) is 23.7 Å². The van der Waals surface area contributed by atoms with Crippen molar-refractivity contribution in [1.29, 1.82) is 0 Å². The maximum atomic E-state index is 9.46. The molecule has 2 nitrogen and oxygen atoms in total. The maximum Gasteiger partial charge on any atom is 0.0897 e. The molecule has 0 fully saturated rings. The van der Waals surface area contributed by atoms with Gasteiger partial charge >= 0.3 is 0 Å². The van der Waals surface area contributed by atoms with E-state index < -0.39 is 0 Å². The van der Waals surface area contributed by atoms with Crippen molar-refractivity contribution in [1.82, 2.24) is 4.98 Å². The summed E-state index contributed by atoms with van der Waals surface area (Å²) >= 11 is 7.49. The predicted octanol–water partition coefficient (Wildman–Crippen LogP) is 3.42. The Morgan fingerprint density at radius 1 is 1.35 bits per heavy atom. The van der Waals surface area contributed by atoms with Crippen LogP contribution >= 0.6 is 22.9 Å². The summed E-state index contributed by atoms with van der Waals surface area (Å²) in [5, 5.41) is 13.3. The Balaban J connectivity index is 2.13. The lowest BCUT2D eigenvalue weighted by Crippen LogP contribution is -2.08. The van der Waals surface area contributed by atoms with Crippen LogP contribution in [-0.4, -0.2) is 16.7 Å². The molecule has 0 radical (unpaired) electrons. The Morgan fingerprint density at radius 2 is 2.06 bits per heavy atom. The molecule has 0 aliphatic carbocycles. The number of rotatable bonds is 4. The van der Waals surface area contributed by atoms with Crippen LogP contribution in [0.1, 0.15) is 22.2 Å². The molecule has 1 heterocycles. The van der Waals surface area contributed by atoms with Gasteiger partial charge in [0, 0.05) is 16.3 Å². The summed E-state index contributed by atoms with van der Waals surface area (Å²) < 4.78 is 0. The molecule has 0 spiro atoms. The predicted molar refractivity (Wildman–Crippen MR) is 71.8 cm³/mol. The Hall–Kier alpha value is -0.900. The SMILES string of the molecule is Cc1nc(CC(CO)c2ccc(Cl)cc2)cs1. The number of aliphatic hydroxyl groups is 1. The summed E-state index contributed by atoms with van der Waals surface area (Å²) in [6.07, 6.45) is 0.766. The number of aryl methyl sites for hydroxylation is 1. The molecule has 0 saturated carbocycles. The van der Waals surface area contributed by atoms with Gasteiger partial charge in [0.25, 0.3) is 0 Å². The van der Waals surface area contributed by atoms with Gasteiger partial charge in [0.1, 0.15) is 0 Å². The average Bonchev–Trinajstić information content (AvgIpc) is 2.73. The van der Waals surface area contributed by atoms with Crippen molar-refractivity contribution in [2.75, 3.05) is 6.61 Å². The van der Waals surface area contributed by atoms with E-state index in [9.17, 15) is 5.11 Å². The van der Waals surface area contributed by atoms with Crippen LogP contribution < -0.4 is 0 Å². The number of aliphatic hydroxyl groups excluding tert-OH is 1. The molecule has 1 aromatic heterocycles. The first-order valence-corrected chi connectivity index (χ1v) is 6.72.